The van der Waals surface area contributed by atoms with Gasteiger partial charge < -0.3 is 10.4 Å². The molecule has 0 aliphatic rings. The molecule has 0 heterocycles. The summed E-state index contributed by atoms with van der Waals surface area (Å²) in [5.74, 6) is -0.263. The number of nitrogens with one attached hydrogen (secondary N) is 1. The third kappa shape index (κ3) is 3.67. The highest BCUT2D eigenvalue weighted by Gasteiger charge is 2.05. The number of amides is 1. The zero-order valence-electron chi connectivity index (χ0n) is 8.53. The van der Waals surface area contributed by atoms with E-state index in [1.54, 1.807) is 31.2 Å². The van der Waals surface area contributed by atoms with Crippen LogP contribution in [0.4, 0.5) is 4.39 Å². The van der Waals surface area contributed by atoms with E-state index < -0.39 is 12.8 Å². The molecule has 0 aromatic heterocycles. The predicted octanol–water partition coefficient (Wildman–Crippen LogP) is 1.27. The third-order valence-electron chi connectivity index (χ3n) is 1.93. The summed E-state index contributed by atoms with van der Waals surface area (Å²) in [4.78, 5) is 11.4. The largest absolute Gasteiger partial charge is 0.392 e. The summed E-state index contributed by atoms with van der Waals surface area (Å²) in [6.07, 6.45) is -0.570. The van der Waals surface area contributed by atoms with Crippen LogP contribution < -0.4 is 5.32 Å². The van der Waals surface area contributed by atoms with Crippen molar-refractivity contribution in [3.8, 4) is 0 Å². The van der Waals surface area contributed by atoms with Crippen LogP contribution in [0.2, 0.25) is 0 Å². The van der Waals surface area contributed by atoms with E-state index in [9.17, 15) is 9.18 Å². The Labute approximate surface area is 87.9 Å². The molecule has 0 saturated carbocycles. The summed E-state index contributed by atoms with van der Waals surface area (Å²) >= 11 is 0. The lowest BCUT2D eigenvalue weighted by Gasteiger charge is -2.07. The number of hydrogen-bond acceptors (Lipinski definition) is 2. The lowest BCUT2D eigenvalue weighted by Crippen LogP contribution is -2.30. The first-order valence-corrected chi connectivity index (χ1v) is 4.74. The van der Waals surface area contributed by atoms with E-state index in [1.165, 1.54) is 0 Å². The minimum Gasteiger partial charge on any atom is -0.392 e. The number of alkyl halides is 1. The molecule has 0 aliphatic heterocycles. The second kappa shape index (κ2) is 5.46. The van der Waals surface area contributed by atoms with Gasteiger partial charge in [-0.1, -0.05) is 12.1 Å². The lowest BCUT2D eigenvalue weighted by atomic mass is 10.1. The van der Waals surface area contributed by atoms with Gasteiger partial charge in [-0.3, -0.25) is 4.79 Å². The van der Waals surface area contributed by atoms with Crippen LogP contribution in [0.3, 0.4) is 0 Å². The Morgan fingerprint density at radius 1 is 1.47 bits per heavy atom. The van der Waals surface area contributed by atoms with Crippen LogP contribution in [0.5, 0.6) is 0 Å². The van der Waals surface area contributed by atoms with Crippen molar-refractivity contribution >= 4 is 5.91 Å². The van der Waals surface area contributed by atoms with Gasteiger partial charge in [0.05, 0.1) is 6.10 Å². The summed E-state index contributed by atoms with van der Waals surface area (Å²) in [6.45, 7) is 1.27. The van der Waals surface area contributed by atoms with Gasteiger partial charge in [0.1, 0.15) is 6.67 Å². The maximum absolute atomic E-state index is 12.2. The Balaban J connectivity index is 2.58. The Kier molecular flexibility index (Phi) is 4.24. The van der Waals surface area contributed by atoms with Crippen molar-refractivity contribution in [2.45, 2.75) is 19.7 Å². The van der Waals surface area contributed by atoms with Crippen molar-refractivity contribution in [3.05, 3.63) is 35.4 Å². The predicted molar refractivity (Wildman–Crippen MR) is 55.3 cm³/mol. The van der Waals surface area contributed by atoms with Gasteiger partial charge in [0.25, 0.3) is 5.91 Å². The van der Waals surface area contributed by atoms with Crippen LogP contribution in [-0.2, 0) is 6.67 Å². The molecular formula is C11H14FNO2. The van der Waals surface area contributed by atoms with E-state index >= 15 is 0 Å². The molecule has 0 spiro atoms. The Bertz CT molecular complexity index is 322. The molecule has 4 heteroatoms. The molecule has 0 saturated heterocycles. The van der Waals surface area contributed by atoms with Crippen LogP contribution in [0.15, 0.2) is 24.3 Å². The SMILES string of the molecule is CC(O)CNC(=O)c1ccc(CF)cc1. The first kappa shape index (κ1) is 11.7. The van der Waals surface area contributed by atoms with Gasteiger partial charge in [-0.2, -0.15) is 0 Å². The zero-order chi connectivity index (χ0) is 11.3. The van der Waals surface area contributed by atoms with Gasteiger partial charge in [-0.25, -0.2) is 4.39 Å². The number of hydrogen-bond donors (Lipinski definition) is 2. The summed E-state index contributed by atoms with van der Waals surface area (Å²) < 4.78 is 12.2. The Morgan fingerprint density at radius 2 is 2.07 bits per heavy atom. The fourth-order valence-corrected chi connectivity index (χ4v) is 1.09. The van der Waals surface area contributed by atoms with E-state index in [2.05, 4.69) is 5.32 Å². The maximum Gasteiger partial charge on any atom is 0.251 e. The molecule has 0 radical (unpaired) electrons. The van der Waals surface area contributed by atoms with E-state index in [1.807, 2.05) is 0 Å². The van der Waals surface area contributed by atoms with E-state index in [4.69, 9.17) is 5.11 Å². The van der Waals surface area contributed by atoms with Crippen LogP contribution in [-0.4, -0.2) is 23.7 Å². The minimum atomic E-state index is -0.570. The normalized spacial score (nSPS) is 12.2. The number of aliphatic hydroxyl groups excluding tert-OH is 1. The fourth-order valence-electron chi connectivity index (χ4n) is 1.09. The standard InChI is InChI=1S/C11H14FNO2/c1-8(14)7-13-11(15)10-4-2-9(6-12)3-5-10/h2-5,8,14H,6-7H2,1H3,(H,13,15). The molecule has 3 nitrogen and oxygen atoms in total. The summed E-state index contributed by atoms with van der Waals surface area (Å²) in [6, 6.07) is 6.26. The van der Waals surface area contributed by atoms with Crippen LogP contribution >= 0.6 is 0 Å². The van der Waals surface area contributed by atoms with Gasteiger partial charge in [-0.05, 0) is 24.6 Å². The van der Waals surface area contributed by atoms with Crippen molar-refractivity contribution < 1.29 is 14.3 Å². The van der Waals surface area contributed by atoms with Crippen molar-refractivity contribution in [2.24, 2.45) is 0 Å². The molecule has 1 rings (SSSR count). The number of carbonyl (C=O) groups is 1. The lowest BCUT2D eigenvalue weighted by molar-refractivity contribution is 0.0924. The molecular weight excluding hydrogens is 197 g/mol. The van der Waals surface area contributed by atoms with E-state index in [0.29, 0.717) is 11.1 Å². The van der Waals surface area contributed by atoms with Crippen molar-refractivity contribution in [1.82, 2.24) is 5.32 Å². The van der Waals surface area contributed by atoms with E-state index in [0.717, 1.165) is 0 Å². The summed E-state index contributed by atoms with van der Waals surface area (Å²) in [5, 5.41) is 11.5. The number of aliphatic hydroxyl groups is 1. The molecule has 1 aromatic rings. The van der Waals surface area contributed by atoms with Crippen LogP contribution in [0.1, 0.15) is 22.8 Å². The van der Waals surface area contributed by atoms with Crippen LogP contribution in [0.25, 0.3) is 0 Å². The average Bonchev–Trinajstić information content (AvgIpc) is 2.26. The molecule has 0 fully saturated rings. The highest BCUT2D eigenvalue weighted by atomic mass is 19.1. The summed E-state index contributed by atoms with van der Waals surface area (Å²) in [5.41, 5.74) is 1.01. The molecule has 1 atom stereocenters. The fraction of sp³-hybridized carbons (Fsp3) is 0.364. The molecule has 82 valence electrons. The number of carbonyl (C=O) groups excluding carboxylic acids is 1. The molecule has 15 heavy (non-hydrogen) atoms. The zero-order valence-corrected chi connectivity index (χ0v) is 8.53. The highest BCUT2D eigenvalue weighted by molar-refractivity contribution is 5.94. The van der Waals surface area contributed by atoms with Gasteiger partial charge in [-0.15, -0.1) is 0 Å². The first-order valence-electron chi connectivity index (χ1n) is 4.74. The monoisotopic (exact) mass is 211 g/mol. The van der Waals surface area contributed by atoms with Gasteiger partial charge in [0.2, 0.25) is 0 Å². The Hall–Kier alpha value is -1.42. The molecule has 1 aromatic carbocycles. The highest BCUT2D eigenvalue weighted by Crippen LogP contribution is 2.05. The number of benzene rings is 1. The van der Waals surface area contributed by atoms with Crippen molar-refractivity contribution in [1.29, 1.82) is 0 Å². The molecule has 1 unspecified atom stereocenters. The van der Waals surface area contributed by atoms with Crippen molar-refractivity contribution in [3.63, 3.8) is 0 Å². The topological polar surface area (TPSA) is 49.3 Å². The van der Waals surface area contributed by atoms with Gasteiger partial charge in [0, 0.05) is 12.1 Å². The third-order valence-corrected chi connectivity index (χ3v) is 1.93. The van der Waals surface area contributed by atoms with E-state index in [-0.39, 0.29) is 12.5 Å². The number of halogens is 1. The summed E-state index contributed by atoms with van der Waals surface area (Å²) in [7, 11) is 0. The van der Waals surface area contributed by atoms with Gasteiger partial charge >= 0.3 is 0 Å². The first-order chi connectivity index (χ1) is 7.13. The average molecular weight is 211 g/mol. The van der Waals surface area contributed by atoms with Crippen molar-refractivity contribution in [2.75, 3.05) is 6.54 Å². The van der Waals surface area contributed by atoms with Gasteiger partial charge in [0.15, 0.2) is 0 Å². The second-order valence-electron chi connectivity index (χ2n) is 3.39. The smallest absolute Gasteiger partial charge is 0.251 e. The maximum atomic E-state index is 12.2. The minimum absolute atomic E-state index is 0.212. The molecule has 1 amide bonds. The molecule has 0 bridgehead atoms. The Morgan fingerprint density at radius 3 is 2.53 bits per heavy atom. The number of rotatable bonds is 4. The van der Waals surface area contributed by atoms with Crippen LogP contribution in [0, 0.1) is 0 Å². The molecule has 2 N–H and O–H groups in total. The quantitative estimate of drug-likeness (QED) is 0.787. The molecule has 0 aliphatic carbocycles. The second-order valence-corrected chi connectivity index (χ2v) is 3.39.